The predicted molar refractivity (Wildman–Crippen MR) is 98.6 cm³/mol. The van der Waals surface area contributed by atoms with Crippen LogP contribution in [0.4, 0.5) is 5.13 Å². The Morgan fingerprint density at radius 2 is 2.21 bits per heavy atom. The first-order chi connectivity index (χ1) is 11.5. The van der Waals surface area contributed by atoms with Gasteiger partial charge in [-0.15, -0.1) is 0 Å². The zero-order valence-corrected chi connectivity index (χ0v) is 14.6. The van der Waals surface area contributed by atoms with Gasteiger partial charge in [0.25, 0.3) is 5.91 Å². The van der Waals surface area contributed by atoms with Gasteiger partial charge in [0.05, 0.1) is 11.9 Å². The number of nitrogens with one attached hydrogen (secondary N) is 1. The Morgan fingerprint density at radius 3 is 2.96 bits per heavy atom. The molecule has 6 nitrogen and oxygen atoms in total. The minimum atomic E-state index is -0.282. The number of aryl methyl sites for hydroxylation is 2. The number of carbonyl (C=O) groups excluding carboxylic acids is 1. The molecule has 2 aromatic heterocycles. The van der Waals surface area contributed by atoms with Crippen molar-refractivity contribution in [1.82, 2.24) is 15.0 Å². The van der Waals surface area contributed by atoms with E-state index < -0.39 is 0 Å². The summed E-state index contributed by atoms with van der Waals surface area (Å²) in [4.78, 5) is 16.9. The monoisotopic (exact) mass is 341 g/mol. The van der Waals surface area contributed by atoms with Crippen LogP contribution in [0.2, 0.25) is 0 Å². The molecule has 0 saturated carbocycles. The number of carbonyl (C=O) groups is 1. The van der Waals surface area contributed by atoms with E-state index in [2.05, 4.69) is 26.1 Å². The van der Waals surface area contributed by atoms with Crippen LogP contribution in [0.3, 0.4) is 0 Å². The second kappa shape index (κ2) is 6.45. The number of benzene rings is 1. The van der Waals surface area contributed by atoms with E-state index >= 15 is 0 Å². The quantitative estimate of drug-likeness (QED) is 0.565. The van der Waals surface area contributed by atoms with Crippen LogP contribution in [-0.2, 0) is 13.5 Å². The Kier molecular flexibility index (Phi) is 4.35. The molecule has 7 heteroatoms. The summed E-state index contributed by atoms with van der Waals surface area (Å²) in [6.45, 7) is 3.97. The first kappa shape index (κ1) is 16.2. The van der Waals surface area contributed by atoms with E-state index in [-0.39, 0.29) is 5.91 Å². The number of para-hydroxylation sites is 1. The van der Waals surface area contributed by atoms with Gasteiger partial charge in [-0.1, -0.05) is 36.5 Å². The third-order valence-corrected chi connectivity index (χ3v) is 4.99. The van der Waals surface area contributed by atoms with E-state index in [1.165, 1.54) is 11.3 Å². The molecule has 2 heterocycles. The average Bonchev–Trinajstić information content (AvgIpc) is 3.08. The molecule has 0 atom stereocenters. The van der Waals surface area contributed by atoms with Crippen molar-refractivity contribution in [3.8, 4) is 0 Å². The fraction of sp³-hybridized carbons (Fsp3) is 0.235. The Labute approximate surface area is 144 Å². The van der Waals surface area contributed by atoms with Gasteiger partial charge in [0.1, 0.15) is 4.88 Å². The number of nitrogens with zero attached hydrogens (tertiary/aromatic N) is 3. The molecule has 0 aliphatic carbocycles. The summed E-state index contributed by atoms with van der Waals surface area (Å²) >= 11 is 1.18. The average molecular weight is 341 g/mol. The summed E-state index contributed by atoms with van der Waals surface area (Å²) in [5.74, 6) is -0.282. The molecule has 0 saturated heterocycles. The number of fused-ring (bicyclic) bond motifs is 1. The van der Waals surface area contributed by atoms with Gasteiger partial charge in [0.2, 0.25) is 0 Å². The minimum Gasteiger partial charge on any atom is -0.375 e. The van der Waals surface area contributed by atoms with Crippen molar-refractivity contribution >= 4 is 39.5 Å². The minimum absolute atomic E-state index is 0.282. The van der Waals surface area contributed by atoms with E-state index in [9.17, 15) is 4.79 Å². The topological polar surface area (TPSA) is 85.3 Å². The van der Waals surface area contributed by atoms with Gasteiger partial charge >= 0.3 is 0 Å². The van der Waals surface area contributed by atoms with Crippen LogP contribution in [-0.4, -0.2) is 21.7 Å². The summed E-state index contributed by atoms with van der Waals surface area (Å²) in [5, 5.41) is 5.62. The van der Waals surface area contributed by atoms with Gasteiger partial charge in [-0.3, -0.25) is 4.79 Å². The normalized spacial score (nSPS) is 11.5. The van der Waals surface area contributed by atoms with E-state index in [0.717, 1.165) is 22.2 Å². The predicted octanol–water partition coefficient (Wildman–Crippen LogP) is 2.85. The van der Waals surface area contributed by atoms with Crippen LogP contribution in [0, 0.1) is 6.92 Å². The molecule has 0 unspecified atom stereocenters. The van der Waals surface area contributed by atoms with Crippen molar-refractivity contribution in [3.63, 3.8) is 0 Å². The molecule has 1 amide bonds. The van der Waals surface area contributed by atoms with E-state index in [1.54, 1.807) is 6.21 Å². The van der Waals surface area contributed by atoms with E-state index in [0.29, 0.717) is 22.1 Å². The number of anilines is 1. The van der Waals surface area contributed by atoms with Crippen LogP contribution < -0.4 is 11.2 Å². The standard InChI is InChI=1S/C17H19N5OS/c1-4-13-15(24-17(18)20-13)16(23)21-19-9-12-10(2)22(3)14-8-6-5-7-11(12)14/h5-9H,4H2,1-3H3,(H2,18,20)(H,21,23)/b19-9-. The molecular weight excluding hydrogens is 322 g/mol. The van der Waals surface area contributed by atoms with Crippen molar-refractivity contribution in [3.05, 3.63) is 46.1 Å². The Morgan fingerprint density at radius 1 is 1.46 bits per heavy atom. The van der Waals surface area contributed by atoms with E-state index in [1.807, 2.05) is 39.1 Å². The number of nitrogens with two attached hydrogens (primary N) is 1. The van der Waals surface area contributed by atoms with Crippen molar-refractivity contribution in [2.24, 2.45) is 12.1 Å². The molecule has 0 spiro atoms. The van der Waals surface area contributed by atoms with Gasteiger partial charge in [0, 0.05) is 29.2 Å². The third kappa shape index (κ3) is 2.78. The highest BCUT2D eigenvalue weighted by molar-refractivity contribution is 7.17. The maximum atomic E-state index is 12.3. The number of hydrazone groups is 1. The first-order valence-corrected chi connectivity index (χ1v) is 8.47. The Bertz CT molecular complexity index is 938. The molecule has 3 rings (SSSR count). The zero-order valence-electron chi connectivity index (χ0n) is 13.8. The highest BCUT2D eigenvalue weighted by atomic mass is 32.1. The molecule has 0 fully saturated rings. The third-order valence-electron chi connectivity index (χ3n) is 4.06. The molecule has 0 aliphatic heterocycles. The summed E-state index contributed by atoms with van der Waals surface area (Å²) in [5.41, 5.74) is 12.2. The fourth-order valence-electron chi connectivity index (χ4n) is 2.71. The maximum absolute atomic E-state index is 12.3. The molecule has 0 aliphatic rings. The molecule has 24 heavy (non-hydrogen) atoms. The molecule has 3 N–H and O–H groups in total. The van der Waals surface area contributed by atoms with Crippen LogP contribution in [0.25, 0.3) is 10.9 Å². The number of amides is 1. The zero-order chi connectivity index (χ0) is 17.3. The van der Waals surface area contributed by atoms with Crippen LogP contribution in [0.5, 0.6) is 0 Å². The van der Waals surface area contributed by atoms with Gasteiger partial charge in [-0.25, -0.2) is 10.4 Å². The second-order valence-electron chi connectivity index (χ2n) is 5.46. The fourth-order valence-corrected chi connectivity index (χ4v) is 3.52. The number of rotatable bonds is 4. The maximum Gasteiger partial charge on any atom is 0.283 e. The van der Waals surface area contributed by atoms with Gasteiger partial charge in [-0.05, 0) is 19.4 Å². The van der Waals surface area contributed by atoms with Gasteiger partial charge in [-0.2, -0.15) is 5.10 Å². The molecule has 1 aromatic carbocycles. The number of hydrogen-bond acceptors (Lipinski definition) is 5. The highest BCUT2D eigenvalue weighted by Gasteiger charge is 2.15. The van der Waals surface area contributed by atoms with Gasteiger partial charge < -0.3 is 10.3 Å². The summed E-state index contributed by atoms with van der Waals surface area (Å²) in [6.07, 6.45) is 2.34. The number of hydrogen-bond donors (Lipinski definition) is 2. The number of thiazole rings is 1. The first-order valence-electron chi connectivity index (χ1n) is 7.65. The lowest BCUT2D eigenvalue weighted by molar-refractivity contribution is 0.0958. The summed E-state index contributed by atoms with van der Waals surface area (Å²) in [7, 11) is 2.02. The molecule has 0 bridgehead atoms. The Hall–Kier alpha value is -2.67. The second-order valence-corrected chi connectivity index (χ2v) is 6.49. The molecule has 124 valence electrons. The number of aromatic nitrogens is 2. The molecule has 0 radical (unpaired) electrons. The Balaban J connectivity index is 1.85. The molecular formula is C17H19N5OS. The van der Waals surface area contributed by atoms with Crippen molar-refractivity contribution in [1.29, 1.82) is 0 Å². The van der Waals surface area contributed by atoms with Crippen molar-refractivity contribution in [2.75, 3.05) is 5.73 Å². The smallest absolute Gasteiger partial charge is 0.283 e. The van der Waals surface area contributed by atoms with Crippen LogP contribution >= 0.6 is 11.3 Å². The SMILES string of the molecule is CCc1nc(N)sc1C(=O)N/N=C\c1c(C)n(C)c2ccccc12. The molecule has 3 aromatic rings. The van der Waals surface area contributed by atoms with Gasteiger partial charge in [0.15, 0.2) is 5.13 Å². The lowest BCUT2D eigenvalue weighted by atomic mass is 10.1. The summed E-state index contributed by atoms with van der Waals surface area (Å²) in [6, 6.07) is 8.10. The lowest BCUT2D eigenvalue weighted by Gasteiger charge is -1.99. The van der Waals surface area contributed by atoms with Crippen molar-refractivity contribution < 1.29 is 4.79 Å². The summed E-state index contributed by atoms with van der Waals surface area (Å²) < 4.78 is 2.11. The number of nitrogen functional groups attached to an aromatic ring is 1. The van der Waals surface area contributed by atoms with E-state index in [4.69, 9.17) is 5.73 Å². The van der Waals surface area contributed by atoms with Crippen LogP contribution in [0.15, 0.2) is 29.4 Å². The highest BCUT2D eigenvalue weighted by Crippen LogP contribution is 2.23. The lowest BCUT2D eigenvalue weighted by Crippen LogP contribution is -2.17. The van der Waals surface area contributed by atoms with Crippen LogP contribution in [0.1, 0.15) is 33.5 Å². The largest absolute Gasteiger partial charge is 0.375 e. The van der Waals surface area contributed by atoms with Crippen molar-refractivity contribution in [2.45, 2.75) is 20.3 Å².